The van der Waals surface area contributed by atoms with Gasteiger partial charge < -0.3 is 15.9 Å². The maximum Gasteiger partial charge on any atom is 0.267 e. The van der Waals surface area contributed by atoms with Crippen LogP contribution < -0.4 is 5.73 Å². The second-order valence-corrected chi connectivity index (χ2v) is 6.25. The molecular weight excluding hydrogens is 288 g/mol. The van der Waals surface area contributed by atoms with E-state index in [0.29, 0.717) is 43.0 Å². The van der Waals surface area contributed by atoms with Crippen molar-refractivity contribution in [3.8, 4) is 0 Å². The quantitative estimate of drug-likeness (QED) is 0.666. The summed E-state index contributed by atoms with van der Waals surface area (Å²) in [7, 11) is 0. The molecule has 4 nitrogen and oxygen atoms in total. The zero-order chi connectivity index (χ0) is 15.9. The van der Waals surface area contributed by atoms with E-state index in [1.54, 1.807) is 12.1 Å². The van der Waals surface area contributed by atoms with Gasteiger partial charge in [-0.05, 0) is 43.1 Å². The number of likely N-dealkylation sites (tertiary alicyclic amines) is 1. The molecule has 22 heavy (non-hydrogen) atoms. The van der Waals surface area contributed by atoms with Crippen LogP contribution in [0.15, 0.2) is 12.1 Å². The third-order valence-corrected chi connectivity index (χ3v) is 4.77. The van der Waals surface area contributed by atoms with Crippen LogP contribution in [0.5, 0.6) is 0 Å². The Hall–Kier alpha value is -1.53. The SMILES string of the molecule is Cc1cc(C=N)c(N)cc1C1CCN(C2COC2)CC1(F)F. The Balaban J connectivity index is 1.85. The number of rotatable bonds is 3. The van der Waals surface area contributed by atoms with E-state index in [1.807, 2.05) is 11.8 Å². The van der Waals surface area contributed by atoms with Crippen molar-refractivity contribution in [3.05, 3.63) is 28.8 Å². The van der Waals surface area contributed by atoms with E-state index in [1.165, 1.54) is 0 Å². The van der Waals surface area contributed by atoms with Gasteiger partial charge in [0.05, 0.1) is 31.7 Å². The van der Waals surface area contributed by atoms with Gasteiger partial charge in [0.1, 0.15) is 0 Å². The van der Waals surface area contributed by atoms with E-state index in [0.717, 1.165) is 11.8 Å². The molecule has 1 atom stereocenters. The summed E-state index contributed by atoms with van der Waals surface area (Å²) in [6, 6.07) is 3.48. The fourth-order valence-electron chi connectivity index (χ4n) is 3.36. The number of nitrogens with one attached hydrogen (secondary N) is 1. The van der Waals surface area contributed by atoms with Crippen LogP contribution in [-0.2, 0) is 4.74 Å². The molecule has 0 spiro atoms. The summed E-state index contributed by atoms with van der Waals surface area (Å²) in [5, 5.41) is 7.30. The second-order valence-electron chi connectivity index (χ2n) is 6.25. The fourth-order valence-corrected chi connectivity index (χ4v) is 3.36. The normalized spacial score (nSPS) is 25.7. The molecule has 0 radical (unpaired) electrons. The van der Waals surface area contributed by atoms with Crippen molar-refractivity contribution in [1.29, 1.82) is 5.41 Å². The molecule has 1 aromatic carbocycles. The Morgan fingerprint density at radius 1 is 1.41 bits per heavy atom. The molecular formula is C16H21F2N3O. The third-order valence-electron chi connectivity index (χ3n) is 4.77. The number of halogens is 2. The molecule has 2 aliphatic heterocycles. The minimum atomic E-state index is -2.78. The van der Waals surface area contributed by atoms with Crippen LogP contribution >= 0.6 is 0 Å². The summed E-state index contributed by atoms with van der Waals surface area (Å²) in [5.41, 5.74) is 8.23. The van der Waals surface area contributed by atoms with Crippen molar-refractivity contribution in [2.45, 2.75) is 31.2 Å². The van der Waals surface area contributed by atoms with Crippen molar-refractivity contribution < 1.29 is 13.5 Å². The summed E-state index contributed by atoms with van der Waals surface area (Å²) >= 11 is 0. The topological polar surface area (TPSA) is 62.3 Å². The first-order valence-corrected chi connectivity index (χ1v) is 7.52. The first kappa shape index (κ1) is 15.4. The van der Waals surface area contributed by atoms with Crippen molar-refractivity contribution in [1.82, 2.24) is 4.90 Å². The molecule has 0 amide bonds. The maximum atomic E-state index is 14.7. The molecule has 2 saturated heterocycles. The van der Waals surface area contributed by atoms with Gasteiger partial charge >= 0.3 is 0 Å². The molecule has 6 heteroatoms. The van der Waals surface area contributed by atoms with Gasteiger partial charge in [0, 0.05) is 17.5 Å². The van der Waals surface area contributed by atoms with E-state index in [4.69, 9.17) is 15.9 Å². The van der Waals surface area contributed by atoms with Crippen molar-refractivity contribution in [2.75, 3.05) is 32.0 Å². The first-order valence-electron chi connectivity index (χ1n) is 7.52. The zero-order valence-corrected chi connectivity index (χ0v) is 12.6. The number of nitrogens with zero attached hydrogens (tertiary/aromatic N) is 1. The van der Waals surface area contributed by atoms with Crippen LogP contribution in [-0.4, -0.2) is 49.4 Å². The van der Waals surface area contributed by atoms with Gasteiger partial charge in [-0.25, -0.2) is 8.78 Å². The van der Waals surface area contributed by atoms with Crippen LogP contribution in [0.3, 0.4) is 0 Å². The number of piperidine rings is 1. The van der Waals surface area contributed by atoms with Crippen molar-refractivity contribution in [3.63, 3.8) is 0 Å². The van der Waals surface area contributed by atoms with E-state index in [2.05, 4.69) is 0 Å². The number of hydrogen-bond donors (Lipinski definition) is 2. The van der Waals surface area contributed by atoms with E-state index < -0.39 is 11.8 Å². The highest BCUT2D eigenvalue weighted by molar-refractivity contribution is 5.85. The van der Waals surface area contributed by atoms with Crippen LogP contribution in [0, 0.1) is 12.3 Å². The second kappa shape index (κ2) is 5.59. The van der Waals surface area contributed by atoms with Gasteiger partial charge in [-0.15, -0.1) is 0 Å². The zero-order valence-electron chi connectivity index (χ0n) is 12.6. The predicted molar refractivity (Wildman–Crippen MR) is 82.0 cm³/mol. The Kier molecular flexibility index (Phi) is 3.91. The van der Waals surface area contributed by atoms with Crippen molar-refractivity contribution >= 4 is 11.9 Å². The van der Waals surface area contributed by atoms with E-state index in [9.17, 15) is 8.78 Å². The summed E-state index contributed by atoms with van der Waals surface area (Å²) < 4.78 is 34.4. The first-order chi connectivity index (χ1) is 10.4. The van der Waals surface area contributed by atoms with E-state index in [-0.39, 0.29) is 12.6 Å². The lowest BCUT2D eigenvalue weighted by Crippen LogP contribution is -2.57. The van der Waals surface area contributed by atoms with Crippen molar-refractivity contribution in [2.24, 2.45) is 0 Å². The van der Waals surface area contributed by atoms with Crippen LogP contribution in [0.4, 0.5) is 14.5 Å². The largest absolute Gasteiger partial charge is 0.398 e. The lowest BCUT2D eigenvalue weighted by Gasteiger charge is -2.45. The minimum absolute atomic E-state index is 0.137. The monoisotopic (exact) mass is 309 g/mol. The Morgan fingerprint density at radius 3 is 2.68 bits per heavy atom. The molecule has 0 aliphatic carbocycles. The molecule has 2 aliphatic rings. The lowest BCUT2D eigenvalue weighted by molar-refractivity contribution is -0.136. The van der Waals surface area contributed by atoms with Gasteiger partial charge in [-0.2, -0.15) is 0 Å². The highest BCUT2D eigenvalue weighted by atomic mass is 19.3. The highest BCUT2D eigenvalue weighted by Gasteiger charge is 2.48. The van der Waals surface area contributed by atoms with Gasteiger partial charge in [0.2, 0.25) is 0 Å². The molecule has 3 rings (SSSR count). The number of nitrogens with two attached hydrogens (primary N) is 1. The number of aryl methyl sites for hydroxylation is 1. The lowest BCUT2D eigenvalue weighted by atomic mass is 9.82. The average molecular weight is 309 g/mol. The standard InChI is InChI=1S/C16H21F2N3O/c1-10-4-11(6-19)15(20)5-13(10)14-2-3-21(9-16(14,17)18)12-7-22-8-12/h4-6,12,14,19H,2-3,7-9,20H2,1H3. The number of alkyl halides is 2. The Morgan fingerprint density at radius 2 is 2.14 bits per heavy atom. The van der Waals surface area contributed by atoms with Crippen LogP contribution in [0.2, 0.25) is 0 Å². The molecule has 0 saturated carbocycles. The number of nitrogen functional groups attached to an aromatic ring is 1. The van der Waals surface area contributed by atoms with Crippen LogP contribution in [0.1, 0.15) is 29.0 Å². The van der Waals surface area contributed by atoms with Gasteiger partial charge in [0.25, 0.3) is 5.92 Å². The summed E-state index contributed by atoms with van der Waals surface area (Å²) in [4.78, 5) is 1.84. The number of anilines is 1. The summed E-state index contributed by atoms with van der Waals surface area (Å²) in [6.07, 6.45) is 1.57. The molecule has 2 fully saturated rings. The number of ether oxygens (including phenoxy) is 1. The fraction of sp³-hybridized carbons (Fsp3) is 0.562. The molecule has 3 N–H and O–H groups in total. The molecule has 0 bridgehead atoms. The molecule has 0 aromatic heterocycles. The van der Waals surface area contributed by atoms with Gasteiger partial charge in [0.15, 0.2) is 0 Å². The summed E-state index contributed by atoms with van der Waals surface area (Å²) in [5.74, 6) is -3.59. The van der Waals surface area contributed by atoms with E-state index >= 15 is 0 Å². The Labute approximate surface area is 128 Å². The number of hydrogen-bond acceptors (Lipinski definition) is 4. The van der Waals surface area contributed by atoms with Gasteiger partial charge in [-0.1, -0.05) is 0 Å². The Bertz CT molecular complexity index is 587. The number of benzene rings is 1. The smallest absolute Gasteiger partial charge is 0.267 e. The highest BCUT2D eigenvalue weighted by Crippen LogP contribution is 2.43. The molecule has 1 aromatic rings. The molecule has 1 unspecified atom stereocenters. The maximum absolute atomic E-state index is 14.7. The van der Waals surface area contributed by atoms with Gasteiger partial charge in [-0.3, -0.25) is 4.90 Å². The molecule has 2 heterocycles. The molecule has 120 valence electrons. The average Bonchev–Trinajstić information content (AvgIpc) is 2.38. The minimum Gasteiger partial charge on any atom is -0.398 e. The predicted octanol–water partition coefficient (Wildman–Crippen LogP) is 2.40. The van der Waals surface area contributed by atoms with Crippen LogP contribution in [0.25, 0.3) is 0 Å². The summed E-state index contributed by atoms with van der Waals surface area (Å²) in [6.45, 7) is 3.35. The third kappa shape index (κ3) is 2.61.